The quantitative estimate of drug-likeness (QED) is 0.188. The van der Waals surface area contributed by atoms with Crippen LogP contribution in [0.25, 0.3) is 11.3 Å². The number of halogens is 1. The van der Waals surface area contributed by atoms with E-state index in [9.17, 15) is 17.6 Å². The molecule has 0 aliphatic carbocycles. The summed E-state index contributed by atoms with van der Waals surface area (Å²) in [4.78, 5) is 28.6. The van der Waals surface area contributed by atoms with Crippen molar-refractivity contribution < 1.29 is 27.2 Å². The number of sulfonamides is 1. The van der Waals surface area contributed by atoms with Gasteiger partial charge < -0.3 is 19.8 Å². The number of likely N-dealkylation sites (N-methyl/N-ethyl adjacent to an activating group) is 1. The molecule has 0 spiro atoms. The predicted molar refractivity (Wildman–Crippen MR) is 160 cm³/mol. The van der Waals surface area contributed by atoms with Gasteiger partial charge in [-0.3, -0.25) is 9.69 Å². The van der Waals surface area contributed by atoms with Gasteiger partial charge in [-0.25, -0.2) is 14.4 Å². The standard InChI is InChI=1S/C30H31FN6O5S/c1-35-14-16-36(17-15-35)18-19-41-26-12-6-23(7-13-26)28-20-30(33-21-32-28)34-24-8-10-25(11-9-24)37(42-22-38)43(39,40)29-5-3-2-4-27(29)31/h2-13,20-22H,14-19H2,1H3,(H,32,33,34). The first-order chi connectivity index (χ1) is 20.8. The topological polar surface area (TPSA) is 117 Å². The lowest BCUT2D eigenvalue weighted by Crippen LogP contribution is -2.45. The van der Waals surface area contributed by atoms with Crippen molar-refractivity contribution >= 4 is 33.7 Å². The molecule has 1 aliphatic rings. The number of nitrogens with one attached hydrogen (secondary N) is 1. The fourth-order valence-corrected chi connectivity index (χ4v) is 5.81. The summed E-state index contributed by atoms with van der Waals surface area (Å²) < 4.78 is 46.5. The molecule has 5 rings (SSSR count). The van der Waals surface area contributed by atoms with E-state index < -0.39 is 20.7 Å². The lowest BCUT2D eigenvalue weighted by Gasteiger charge is -2.32. The first-order valence-corrected chi connectivity index (χ1v) is 15.0. The number of hydrogen-bond donors (Lipinski definition) is 1. The second-order valence-electron chi connectivity index (χ2n) is 9.84. The molecule has 0 amide bonds. The summed E-state index contributed by atoms with van der Waals surface area (Å²) in [5.74, 6) is 0.323. The zero-order valence-corrected chi connectivity index (χ0v) is 24.3. The Kier molecular flexibility index (Phi) is 9.45. The Morgan fingerprint density at radius 1 is 0.977 bits per heavy atom. The number of nitrogens with zero attached hydrogens (tertiary/aromatic N) is 5. The van der Waals surface area contributed by atoms with Gasteiger partial charge in [0.15, 0.2) is 0 Å². The maximum absolute atomic E-state index is 14.2. The van der Waals surface area contributed by atoms with E-state index in [1.54, 1.807) is 18.2 Å². The average Bonchev–Trinajstić information content (AvgIpc) is 3.02. The first-order valence-electron chi connectivity index (χ1n) is 13.6. The molecule has 0 saturated carbocycles. The molecular weight excluding hydrogens is 575 g/mol. The first kappa shape index (κ1) is 29.9. The molecule has 1 N–H and O–H groups in total. The number of carbonyl (C=O) groups excluding carboxylic acids is 1. The highest BCUT2D eigenvalue weighted by Gasteiger charge is 2.29. The van der Waals surface area contributed by atoms with Crippen LogP contribution in [0.15, 0.2) is 90.1 Å². The third kappa shape index (κ3) is 7.44. The van der Waals surface area contributed by atoms with Crippen molar-refractivity contribution in [3.63, 3.8) is 0 Å². The number of hydrogen-bond acceptors (Lipinski definition) is 10. The molecule has 11 nitrogen and oxygen atoms in total. The minimum atomic E-state index is -4.52. The van der Waals surface area contributed by atoms with Crippen LogP contribution in [0.5, 0.6) is 5.75 Å². The number of anilines is 3. The monoisotopic (exact) mass is 606 g/mol. The number of rotatable bonds is 12. The van der Waals surface area contributed by atoms with Crippen molar-refractivity contribution in [1.82, 2.24) is 19.8 Å². The van der Waals surface area contributed by atoms with Gasteiger partial charge in [-0.15, -0.1) is 0 Å². The van der Waals surface area contributed by atoms with Crippen LogP contribution in [0.2, 0.25) is 0 Å². The number of aromatic nitrogens is 2. The number of benzene rings is 3. The zero-order valence-electron chi connectivity index (χ0n) is 23.5. The van der Waals surface area contributed by atoms with Crippen molar-refractivity contribution in [2.75, 3.05) is 56.2 Å². The molecule has 1 aliphatic heterocycles. The summed E-state index contributed by atoms with van der Waals surface area (Å²) in [5.41, 5.74) is 2.15. The molecule has 2 heterocycles. The molecule has 1 aromatic heterocycles. The lowest BCUT2D eigenvalue weighted by molar-refractivity contribution is -0.128. The third-order valence-electron chi connectivity index (χ3n) is 6.91. The van der Waals surface area contributed by atoms with Crippen LogP contribution >= 0.6 is 0 Å². The van der Waals surface area contributed by atoms with Crippen molar-refractivity contribution in [1.29, 1.82) is 0 Å². The van der Waals surface area contributed by atoms with E-state index in [1.165, 1.54) is 30.6 Å². The summed E-state index contributed by atoms with van der Waals surface area (Å²) in [6, 6.07) is 20.3. The van der Waals surface area contributed by atoms with Gasteiger partial charge in [0.05, 0.1) is 11.4 Å². The number of carbonyl (C=O) groups is 1. The summed E-state index contributed by atoms with van der Waals surface area (Å²) in [6.45, 7) is 5.73. The van der Waals surface area contributed by atoms with Crippen molar-refractivity contribution in [2.45, 2.75) is 4.90 Å². The Morgan fingerprint density at radius 2 is 1.70 bits per heavy atom. The Morgan fingerprint density at radius 3 is 2.40 bits per heavy atom. The third-order valence-corrected chi connectivity index (χ3v) is 8.53. The van der Waals surface area contributed by atoms with E-state index in [-0.39, 0.29) is 12.2 Å². The molecule has 224 valence electrons. The number of ether oxygens (including phenoxy) is 1. The van der Waals surface area contributed by atoms with Crippen LogP contribution in [-0.4, -0.2) is 81.0 Å². The Labute approximate surface area is 249 Å². The van der Waals surface area contributed by atoms with Gasteiger partial charge in [0, 0.05) is 50.0 Å². The molecule has 0 radical (unpaired) electrons. The van der Waals surface area contributed by atoms with E-state index in [0.717, 1.165) is 56.2 Å². The van der Waals surface area contributed by atoms with E-state index in [2.05, 4.69) is 32.1 Å². The fraction of sp³-hybridized carbons (Fsp3) is 0.233. The van der Waals surface area contributed by atoms with Gasteiger partial charge in [-0.2, -0.15) is 8.42 Å². The molecule has 1 saturated heterocycles. The average molecular weight is 607 g/mol. The zero-order chi connectivity index (χ0) is 30.2. The molecule has 13 heteroatoms. The van der Waals surface area contributed by atoms with E-state index >= 15 is 0 Å². The van der Waals surface area contributed by atoms with Gasteiger partial charge in [0.1, 0.15) is 35.2 Å². The molecule has 0 bridgehead atoms. The molecule has 0 atom stereocenters. The second kappa shape index (κ2) is 13.6. The smallest absolute Gasteiger partial charge is 0.322 e. The molecule has 3 aromatic carbocycles. The minimum Gasteiger partial charge on any atom is -0.492 e. The molecular formula is C30H31FN6O5S. The van der Waals surface area contributed by atoms with E-state index in [4.69, 9.17) is 9.57 Å². The van der Waals surface area contributed by atoms with Crippen LogP contribution in [0.3, 0.4) is 0 Å². The Balaban J connectivity index is 1.22. The largest absolute Gasteiger partial charge is 0.492 e. The van der Waals surface area contributed by atoms with Crippen LogP contribution in [0.4, 0.5) is 21.6 Å². The Hall–Kier alpha value is -4.59. The van der Waals surface area contributed by atoms with Crippen LogP contribution in [-0.2, 0) is 19.7 Å². The van der Waals surface area contributed by atoms with Gasteiger partial charge in [-0.1, -0.05) is 16.6 Å². The maximum Gasteiger partial charge on any atom is 0.322 e. The van der Waals surface area contributed by atoms with Crippen molar-refractivity contribution in [2.24, 2.45) is 0 Å². The van der Waals surface area contributed by atoms with Gasteiger partial charge in [0.2, 0.25) is 0 Å². The highest BCUT2D eigenvalue weighted by Crippen LogP contribution is 2.28. The van der Waals surface area contributed by atoms with Gasteiger partial charge in [-0.05, 0) is 67.7 Å². The fourth-order valence-electron chi connectivity index (χ4n) is 4.52. The van der Waals surface area contributed by atoms with Gasteiger partial charge >= 0.3 is 6.47 Å². The normalized spacial score (nSPS) is 14.2. The summed E-state index contributed by atoms with van der Waals surface area (Å²) >= 11 is 0. The lowest BCUT2D eigenvalue weighted by atomic mass is 10.1. The van der Waals surface area contributed by atoms with Crippen LogP contribution < -0.4 is 14.5 Å². The number of piperazine rings is 1. The highest BCUT2D eigenvalue weighted by molar-refractivity contribution is 7.92. The van der Waals surface area contributed by atoms with E-state index in [1.807, 2.05) is 24.3 Å². The molecule has 0 unspecified atom stereocenters. The second-order valence-corrected chi connectivity index (χ2v) is 11.6. The van der Waals surface area contributed by atoms with Crippen LogP contribution in [0, 0.1) is 5.82 Å². The molecule has 1 fully saturated rings. The molecule has 43 heavy (non-hydrogen) atoms. The van der Waals surface area contributed by atoms with E-state index in [0.29, 0.717) is 28.3 Å². The summed E-state index contributed by atoms with van der Waals surface area (Å²) in [5, 5.41) is 3.14. The SMILES string of the molecule is CN1CCN(CCOc2ccc(-c3cc(Nc4ccc(N(OC=O)S(=O)(=O)c5ccccc5F)cc4)ncn3)cc2)CC1. The summed E-state index contributed by atoms with van der Waals surface area (Å²) in [6.07, 6.45) is 1.44. The van der Waals surface area contributed by atoms with Gasteiger partial charge in [0.25, 0.3) is 10.0 Å². The molecule has 4 aromatic rings. The maximum atomic E-state index is 14.2. The van der Waals surface area contributed by atoms with Crippen LogP contribution in [0.1, 0.15) is 0 Å². The minimum absolute atomic E-state index is 0.00452. The highest BCUT2D eigenvalue weighted by atomic mass is 32.2. The van der Waals surface area contributed by atoms with Crippen molar-refractivity contribution in [3.8, 4) is 17.0 Å². The Bertz CT molecular complexity index is 1630. The van der Waals surface area contributed by atoms with Crippen molar-refractivity contribution in [3.05, 3.63) is 91.0 Å². The summed E-state index contributed by atoms with van der Waals surface area (Å²) in [7, 11) is -2.38. The predicted octanol–water partition coefficient (Wildman–Crippen LogP) is 3.94.